The molecule has 8 heteroatoms. The average molecular weight is 385 g/mol. The highest BCUT2D eigenvalue weighted by molar-refractivity contribution is 9.10. The molecule has 0 radical (unpaired) electrons. The molecular formula is C12H19BrClN3O2S. The fourth-order valence-corrected chi connectivity index (χ4v) is 3.98. The SMILES string of the molecule is CN(C)CCCCNS(=O)(=O)c1cc(Cl)cc(N)c1Br. The Morgan fingerprint density at radius 1 is 1.35 bits per heavy atom. The number of nitrogen functional groups attached to an aromatic ring is 1. The van der Waals surface area contributed by atoms with Gasteiger partial charge in [0.1, 0.15) is 0 Å². The zero-order chi connectivity index (χ0) is 15.3. The van der Waals surface area contributed by atoms with Crippen molar-refractivity contribution < 1.29 is 8.42 Å². The Morgan fingerprint density at radius 3 is 2.60 bits per heavy atom. The van der Waals surface area contributed by atoms with E-state index in [2.05, 4.69) is 25.6 Å². The largest absolute Gasteiger partial charge is 0.398 e. The van der Waals surface area contributed by atoms with Crippen LogP contribution in [0.25, 0.3) is 0 Å². The Balaban J connectivity index is 2.70. The van der Waals surface area contributed by atoms with Crippen LogP contribution in [0.1, 0.15) is 12.8 Å². The fraction of sp³-hybridized carbons (Fsp3) is 0.500. The summed E-state index contributed by atoms with van der Waals surface area (Å²) in [5, 5.41) is 0.290. The van der Waals surface area contributed by atoms with Crippen LogP contribution in [0.4, 0.5) is 5.69 Å². The maximum absolute atomic E-state index is 12.2. The van der Waals surface area contributed by atoms with Gasteiger partial charge < -0.3 is 10.6 Å². The predicted octanol–water partition coefficient (Wildman–Crippen LogP) is 2.30. The Hall–Kier alpha value is -0.340. The van der Waals surface area contributed by atoms with Crippen LogP contribution in [0.3, 0.4) is 0 Å². The zero-order valence-electron chi connectivity index (χ0n) is 11.5. The molecule has 0 saturated carbocycles. The molecule has 0 atom stereocenters. The van der Waals surface area contributed by atoms with Crippen LogP contribution in [0.15, 0.2) is 21.5 Å². The minimum Gasteiger partial charge on any atom is -0.398 e. The molecule has 0 aromatic heterocycles. The lowest BCUT2D eigenvalue weighted by atomic mass is 10.3. The van der Waals surface area contributed by atoms with Crippen molar-refractivity contribution in [3.05, 3.63) is 21.6 Å². The van der Waals surface area contributed by atoms with Gasteiger partial charge in [-0.05, 0) is 61.5 Å². The van der Waals surface area contributed by atoms with Crippen molar-refractivity contribution in [3.8, 4) is 0 Å². The van der Waals surface area contributed by atoms with Crippen LogP contribution in [-0.2, 0) is 10.0 Å². The number of halogens is 2. The standard InChI is InChI=1S/C12H19BrClN3O2S/c1-17(2)6-4-3-5-16-20(18,19)11-8-9(14)7-10(15)12(11)13/h7-8,16H,3-6,15H2,1-2H3. The number of sulfonamides is 1. The summed E-state index contributed by atoms with van der Waals surface area (Å²) in [4.78, 5) is 2.12. The van der Waals surface area contributed by atoms with Crippen molar-refractivity contribution in [1.82, 2.24) is 9.62 Å². The third kappa shape index (κ3) is 5.21. The molecule has 114 valence electrons. The summed E-state index contributed by atoms with van der Waals surface area (Å²) in [6.07, 6.45) is 1.69. The molecule has 0 spiro atoms. The predicted molar refractivity (Wildman–Crippen MR) is 86.5 cm³/mol. The number of anilines is 1. The highest BCUT2D eigenvalue weighted by Crippen LogP contribution is 2.31. The van der Waals surface area contributed by atoms with E-state index in [1.807, 2.05) is 14.1 Å². The van der Waals surface area contributed by atoms with Gasteiger partial charge >= 0.3 is 0 Å². The van der Waals surface area contributed by atoms with Crippen LogP contribution < -0.4 is 10.5 Å². The summed E-state index contributed by atoms with van der Waals surface area (Å²) in [5.74, 6) is 0. The Labute approximate surface area is 133 Å². The molecule has 1 aromatic rings. The maximum atomic E-state index is 12.2. The molecule has 0 aliphatic rings. The van der Waals surface area contributed by atoms with Crippen molar-refractivity contribution in [2.45, 2.75) is 17.7 Å². The number of hydrogen-bond donors (Lipinski definition) is 2. The van der Waals surface area contributed by atoms with Crippen LogP contribution in [-0.4, -0.2) is 40.5 Å². The maximum Gasteiger partial charge on any atom is 0.241 e. The van der Waals surface area contributed by atoms with E-state index in [9.17, 15) is 8.42 Å². The second-order valence-corrected chi connectivity index (χ2v) is 7.68. The van der Waals surface area contributed by atoms with E-state index in [1.165, 1.54) is 12.1 Å². The Bertz CT molecular complexity index is 564. The van der Waals surface area contributed by atoms with Gasteiger partial charge in [-0.15, -0.1) is 0 Å². The van der Waals surface area contributed by atoms with Gasteiger partial charge in [-0.25, -0.2) is 13.1 Å². The third-order valence-electron chi connectivity index (χ3n) is 2.65. The van der Waals surface area contributed by atoms with Crippen molar-refractivity contribution in [2.24, 2.45) is 0 Å². The monoisotopic (exact) mass is 383 g/mol. The van der Waals surface area contributed by atoms with E-state index < -0.39 is 10.0 Å². The van der Waals surface area contributed by atoms with E-state index >= 15 is 0 Å². The molecule has 0 aliphatic heterocycles. The summed E-state index contributed by atoms with van der Waals surface area (Å²) in [6.45, 7) is 1.31. The van der Waals surface area contributed by atoms with Crippen molar-refractivity contribution in [3.63, 3.8) is 0 Å². The molecule has 1 aromatic carbocycles. The molecule has 20 heavy (non-hydrogen) atoms. The molecule has 1 rings (SSSR count). The van der Waals surface area contributed by atoms with Gasteiger partial charge in [0.25, 0.3) is 0 Å². The van der Waals surface area contributed by atoms with E-state index in [4.69, 9.17) is 17.3 Å². The lowest BCUT2D eigenvalue weighted by Gasteiger charge is -2.12. The number of nitrogens with one attached hydrogen (secondary N) is 1. The van der Waals surface area contributed by atoms with E-state index in [0.29, 0.717) is 21.7 Å². The summed E-state index contributed by atoms with van der Waals surface area (Å²) in [5.41, 5.74) is 6.00. The van der Waals surface area contributed by atoms with Gasteiger partial charge in [0, 0.05) is 17.3 Å². The highest BCUT2D eigenvalue weighted by Gasteiger charge is 2.19. The summed E-state index contributed by atoms with van der Waals surface area (Å²) in [6, 6.07) is 2.88. The van der Waals surface area contributed by atoms with Gasteiger partial charge in [0.05, 0.1) is 9.37 Å². The topological polar surface area (TPSA) is 75.4 Å². The molecule has 0 amide bonds. The molecule has 0 heterocycles. The van der Waals surface area contributed by atoms with Crippen molar-refractivity contribution in [1.29, 1.82) is 0 Å². The first-order valence-electron chi connectivity index (χ1n) is 6.13. The normalized spacial score (nSPS) is 12.1. The second kappa shape index (κ2) is 7.61. The summed E-state index contributed by atoms with van der Waals surface area (Å²) in [7, 11) is 0.353. The van der Waals surface area contributed by atoms with Crippen LogP contribution in [0, 0.1) is 0 Å². The van der Waals surface area contributed by atoms with Crippen molar-refractivity contribution >= 4 is 43.2 Å². The summed E-state index contributed by atoms with van der Waals surface area (Å²) < 4.78 is 27.3. The minimum atomic E-state index is -3.61. The quantitative estimate of drug-likeness (QED) is 0.559. The zero-order valence-corrected chi connectivity index (χ0v) is 14.6. The summed E-state index contributed by atoms with van der Waals surface area (Å²) >= 11 is 9.03. The number of rotatable bonds is 7. The molecular weight excluding hydrogens is 366 g/mol. The molecule has 5 nitrogen and oxygen atoms in total. The van der Waals surface area contributed by atoms with Gasteiger partial charge in [0.15, 0.2) is 0 Å². The first kappa shape index (κ1) is 17.7. The van der Waals surface area contributed by atoms with Gasteiger partial charge in [-0.1, -0.05) is 11.6 Å². The average Bonchev–Trinajstić information content (AvgIpc) is 2.32. The number of nitrogens with two attached hydrogens (primary N) is 1. The van der Waals surface area contributed by atoms with Gasteiger partial charge in [0.2, 0.25) is 10.0 Å². The van der Waals surface area contributed by atoms with Crippen LogP contribution in [0.5, 0.6) is 0 Å². The van der Waals surface area contributed by atoms with E-state index in [1.54, 1.807) is 0 Å². The lowest BCUT2D eigenvalue weighted by Crippen LogP contribution is -2.26. The van der Waals surface area contributed by atoms with Crippen molar-refractivity contribution in [2.75, 3.05) is 32.9 Å². The number of benzene rings is 1. The van der Waals surface area contributed by atoms with Crippen LogP contribution >= 0.6 is 27.5 Å². The highest BCUT2D eigenvalue weighted by atomic mass is 79.9. The fourth-order valence-electron chi connectivity index (χ4n) is 1.62. The molecule has 0 bridgehead atoms. The molecule has 0 unspecified atom stereocenters. The lowest BCUT2D eigenvalue weighted by molar-refractivity contribution is 0.394. The molecule has 0 saturated heterocycles. The molecule has 0 fully saturated rings. The van der Waals surface area contributed by atoms with Crippen LogP contribution in [0.2, 0.25) is 5.02 Å². The Kier molecular flexibility index (Phi) is 6.74. The first-order chi connectivity index (χ1) is 9.24. The van der Waals surface area contributed by atoms with Gasteiger partial charge in [-0.2, -0.15) is 0 Å². The number of nitrogens with zero attached hydrogens (tertiary/aromatic N) is 1. The Morgan fingerprint density at radius 2 is 2.00 bits per heavy atom. The number of unbranched alkanes of at least 4 members (excludes halogenated alkanes) is 1. The van der Waals surface area contributed by atoms with E-state index in [-0.39, 0.29) is 4.90 Å². The minimum absolute atomic E-state index is 0.0649. The number of hydrogen-bond acceptors (Lipinski definition) is 4. The second-order valence-electron chi connectivity index (χ2n) is 4.72. The first-order valence-corrected chi connectivity index (χ1v) is 8.78. The third-order valence-corrected chi connectivity index (χ3v) is 5.50. The van der Waals surface area contributed by atoms with E-state index in [0.717, 1.165) is 19.4 Å². The van der Waals surface area contributed by atoms with Gasteiger partial charge in [-0.3, -0.25) is 0 Å². The molecule has 0 aliphatic carbocycles. The smallest absolute Gasteiger partial charge is 0.241 e. The molecule has 3 N–H and O–H groups in total.